The monoisotopic (exact) mass is 212 g/mol. The summed E-state index contributed by atoms with van der Waals surface area (Å²) in [5, 5.41) is 0. The maximum atomic E-state index is 11.7. The molecule has 0 spiro atoms. The van der Waals surface area contributed by atoms with Crippen molar-refractivity contribution in [2.45, 2.75) is 19.3 Å². The lowest BCUT2D eigenvalue weighted by molar-refractivity contribution is -0.322. The number of rotatable bonds is 1. The topological polar surface area (TPSA) is 17.1 Å². The molecular formula is C5H3F7O. The molecule has 13 heavy (non-hydrogen) atoms. The van der Waals surface area contributed by atoms with Gasteiger partial charge in [-0.3, -0.25) is 4.79 Å². The number of carbonyl (C=O) groups is 1. The van der Waals surface area contributed by atoms with E-state index in [0.717, 1.165) is 0 Å². The first kappa shape index (κ1) is 12.2. The molecule has 0 aromatic rings. The second kappa shape index (κ2) is 2.85. The quantitative estimate of drug-likeness (QED) is 0.482. The Morgan fingerprint density at radius 1 is 0.923 bits per heavy atom. The molecule has 78 valence electrons. The van der Waals surface area contributed by atoms with Crippen LogP contribution in [0.2, 0.25) is 0 Å². The third-order valence-corrected chi connectivity index (χ3v) is 1.53. The minimum Gasteiger partial charge on any atom is -0.260 e. The molecule has 0 radical (unpaired) electrons. The average molecular weight is 212 g/mol. The van der Waals surface area contributed by atoms with Crippen molar-refractivity contribution < 1.29 is 35.5 Å². The number of alkyl halides is 6. The van der Waals surface area contributed by atoms with E-state index in [4.69, 9.17) is 0 Å². The molecule has 0 atom stereocenters. The van der Waals surface area contributed by atoms with Gasteiger partial charge in [0.05, 0.1) is 0 Å². The van der Waals surface area contributed by atoms with Gasteiger partial charge in [0, 0.05) is 0 Å². The van der Waals surface area contributed by atoms with Crippen molar-refractivity contribution in [2.75, 3.05) is 0 Å². The van der Waals surface area contributed by atoms with E-state index in [-0.39, 0.29) is 0 Å². The SMILES string of the molecule is CC(C(=O)F)(C(F)(F)F)C(F)(F)F. The Hall–Kier alpha value is -0.820. The minimum absolute atomic E-state index is 0.546. The Labute approximate surface area is 67.5 Å². The molecular weight excluding hydrogens is 209 g/mol. The average Bonchev–Trinajstić information content (AvgIpc) is 1.80. The predicted molar refractivity (Wildman–Crippen MR) is 26.3 cm³/mol. The molecule has 0 aromatic carbocycles. The molecule has 0 aliphatic rings. The minimum atomic E-state index is -5.99. The molecule has 0 saturated carbocycles. The highest BCUT2D eigenvalue weighted by atomic mass is 19.4. The van der Waals surface area contributed by atoms with Gasteiger partial charge in [-0.05, 0) is 6.92 Å². The van der Waals surface area contributed by atoms with Crippen molar-refractivity contribution in [3.05, 3.63) is 0 Å². The van der Waals surface area contributed by atoms with Gasteiger partial charge in [-0.25, -0.2) is 0 Å². The first-order chi connectivity index (χ1) is 5.44. The van der Waals surface area contributed by atoms with Crippen LogP contribution >= 0.6 is 0 Å². The van der Waals surface area contributed by atoms with E-state index < -0.39 is 30.7 Å². The summed E-state index contributed by atoms with van der Waals surface area (Å²) in [6, 6.07) is -3.47. The van der Waals surface area contributed by atoms with Gasteiger partial charge in [-0.15, -0.1) is 0 Å². The molecule has 0 heterocycles. The van der Waals surface area contributed by atoms with Crippen molar-refractivity contribution in [1.29, 1.82) is 0 Å². The Morgan fingerprint density at radius 3 is 1.15 bits per heavy atom. The smallest absolute Gasteiger partial charge is 0.260 e. The summed E-state index contributed by atoms with van der Waals surface area (Å²) < 4.78 is 81.7. The zero-order valence-electron chi connectivity index (χ0n) is 6.05. The summed E-state index contributed by atoms with van der Waals surface area (Å²) in [4.78, 5) is 9.65. The Balaban J connectivity index is 5.35. The molecule has 0 unspecified atom stereocenters. The van der Waals surface area contributed by atoms with E-state index in [1.807, 2.05) is 0 Å². The lowest BCUT2D eigenvalue weighted by atomic mass is 9.90. The first-order valence-electron chi connectivity index (χ1n) is 2.78. The van der Waals surface area contributed by atoms with Crippen molar-refractivity contribution in [2.24, 2.45) is 5.41 Å². The van der Waals surface area contributed by atoms with E-state index in [1.165, 1.54) is 0 Å². The van der Waals surface area contributed by atoms with E-state index in [2.05, 4.69) is 0 Å². The summed E-state index contributed by atoms with van der Waals surface area (Å²) in [6.07, 6.45) is -12.0. The fourth-order valence-electron chi connectivity index (χ4n) is 0.384. The predicted octanol–water partition coefficient (Wildman–Crippen LogP) is 2.61. The van der Waals surface area contributed by atoms with Gasteiger partial charge in [0.25, 0.3) is 0 Å². The molecule has 0 saturated heterocycles. The largest absolute Gasteiger partial charge is 0.412 e. The van der Waals surface area contributed by atoms with Gasteiger partial charge < -0.3 is 0 Å². The first-order valence-corrected chi connectivity index (χ1v) is 2.78. The molecule has 0 amide bonds. The maximum absolute atomic E-state index is 11.7. The molecule has 0 aromatic heterocycles. The van der Waals surface area contributed by atoms with Gasteiger partial charge in [0.2, 0.25) is 5.41 Å². The van der Waals surface area contributed by atoms with E-state index >= 15 is 0 Å². The number of hydrogen-bond donors (Lipinski definition) is 0. The maximum Gasteiger partial charge on any atom is 0.412 e. The molecule has 0 aliphatic carbocycles. The van der Waals surface area contributed by atoms with E-state index in [9.17, 15) is 35.5 Å². The lowest BCUT2D eigenvalue weighted by Gasteiger charge is -2.28. The Morgan fingerprint density at radius 2 is 1.15 bits per heavy atom. The Kier molecular flexibility index (Phi) is 2.67. The van der Waals surface area contributed by atoms with Gasteiger partial charge >= 0.3 is 18.4 Å². The molecule has 0 aliphatic heterocycles. The fourth-order valence-corrected chi connectivity index (χ4v) is 0.384. The van der Waals surface area contributed by atoms with Crippen molar-refractivity contribution in [1.82, 2.24) is 0 Å². The second-order valence-corrected chi connectivity index (χ2v) is 2.39. The highest BCUT2D eigenvalue weighted by molar-refractivity contribution is 5.77. The van der Waals surface area contributed by atoms with Crippen LogP contribution in [-0.4, -0.2) is 18.4 Å². The van der Waals surface area contributed by atoms with Crippen molar-refractivity contribution in [3.8, 4) is 0 Å². The van der Waals surface area contributed by atoms with Crippen LogP contribution in [0.15, 0.2) is 0 Å². The summed E-state index contributed by atoms with van der Waals surface area (Å²) in [5.41, 5.74) is -4.93. The molecule has 0 rings (SSSR count). The molecule has 0 N–H and O–H groups in total. The van der Waals surface area contributed by atoms with Gasteiger partial charge in [0.1, 0.15) is 0 Å². The summed E-state index contributed by atoms with van der Waals surface area (Å²) in [7, 11) is 0. The third-order valence-electron chi connectivity index (χ3n) is 1.53. The van der Waals surface area contributed by atoms with Crippen molar-refractivity contribution in [3.63, 3.8) is 0 Å². The fraction of sp³-hybridized carbons (Fsp3) is 0.800. The van der Waals surface area contributed by atoms with E-state index in [1.54, 1.807) is 0 Å². The van der Waals surface area contributed by atoms with Crippen LogP contribution in [0.5, 0.6) is 0 Å². The molecule has 1 nitrogen and oxygen atoms in total. The van der Waals surface area contributed by atoms with Crippen molar-refractivity contribution >= 4 is 6.04 Å². The van der Waals surface area contributed by atoms with Gasteiger partial charge in [-0.1, -0.05) is 0 Å². The number of halogens is 7. The Bertz CT molecular complexity index is 198. The summed E-state index contributed by atoms with van der Waals surface area (Å²) in [5.74, 6) is 0. The zero-order valence-corrected chi connectivity index (χ0v) is 6.05. The molecule has 0 fully saturated rings. The van der Waals surface area contributed by atoms with Crippen LogP contribution in [0.3, 0.4) is 0 Å². The molecule has 0 bridgehead atoms. The van der Waals surface area contributed by atoms with Crippen LogP contribution in [0.4, 0.5) is 30.7 Å². The van der Waals surface area contributed by atoms with Crippen LogP contribution in [0, 0.1) is 5.41 Å². The zero-order chi connectivity index (χ0) is 11.1. The van der Waals surface area contributed by atoms with Crippen LogP contribution < -0.4 is 0 Å². The van der Waals surface area contributed by atoms with Crippen LogP contribution in [0.1, 0.15) is 6.92 Å². The van der Waals surface area contributed by atoms with Crippen LogP contribution in [0.25, 0.3) is 0 Å². The molecule has 8 heteroatoms. The number of hydrogen-bond acceptors (Lipinski definition) is 1. The number of carbonyl (C=O) groups excluding carboxylic acids is 1. The highest BCUT2D eigenvalue weighted by Gasteiger charge is 2.73. The van der Waals surface area contributed by atoms with E-state index in [0.29, 0.717) is 0 Å². The van der Waals surface area contributed by atoms with Crippen LogP contribution in [-0.2, 0) is 4.79 Å². The third kappa shape index (κ3) is 1.75. The normalized spacial score (nSPS) is 14.5. The highest BCUT2D eigenvalue weighted by Crippen LogP contribution is 2.50. The summed E-state index contributed by atoms with van der Waals surface area (Å²) >= 11 is 0. The van der Waals surface area contributed by atoms with Gasteiger partial charge in [-0.2, -0.15) is 30.7 Å². The summed E-state index contributed by atoms with van der Waals surface area (Å²) in [6.45, 7) is -0.546. The lowest BCUT2D eigenvalue weighted by Crippen LogP contribution is -2.52. The second-order valence-electron chi connectivity index (χ2n) is 2.39. The van der Waals surface area contributed by atoms with Gasteiger partial charge in [0.15, 0.2) is 0 Å². The standard InChI is InChI=1S/C5H3F7O/c1-3(2(6)13,4(7,8)9)5(10,11)12/h1H3.